The van der Waals surface area contributed by atoms with Crippen molar-refractivity contribution >= 4 is 0 Å². The fourth-order valence-corrected chi connectivity index (χ4v) is 2.50. The first-order valence-electron chi connectivity index (χ1n) is 7.26. The summed E-state index contributed by atoms with van der Waals surface area (Å²) in [6, 6.07) is 6.79. The molecule has 1 atom stereocenters. The Morgan fingerprint density at radius 2 is 2.26 bits per heavy atom. The lowest BCUT2D eigenvalue weighted by molar-refractivity contribution is 0.0791. The van der Waals surface area contributed by atoms with E-state index in [0.29, 0.717) is 12.1 Å². The summed E-state index contributed by atoms with van der Waals surface area (Å²) < 4.78 is 11.5. The summed E-state index contributed by atoms with van der Waals surface area (Å²) in [7, 11) is 0. The van der Waals surface area contributed by atoms with Gasteiger partial charge in [0.15, 0.2) is 0 Å². The van der Waals surface area contributed by atoms with Gasteiger partial charge in [0.05, 0.1) is 19.3 Å². The van der Waals surface area contributed by atoms with Crippen LogP contribution in [-0.4, -0.2) is 25.9 Å². The van der Waals surface area contributed by atoms with E-state index in [9.17, 15) is 0 Å². The van der Waals surface area contributed by atoms with Crippen LogP contribution in [0.25, 0.3) is 0 Å². The Hall–Kier alpha value is -1.06. The number of ether oxygens (including phenoxy) is 2. The van der Waals surface area contributed by atoms with Crippen LogP contribution in [0.1, 0.15) is 43.9 Å². The van der Waals surface area contributed by atoms with Crippen molar-refractivity contribution in [3.05, 3.63) is 29.3 Å². The van der Waals surface area contributed by atoms with Crippen molar-refractivity contribution in [2.45, 2.75) is 45.8 Å². The third-order valence-corrected chi connectivity index (χ3v) is 3.45. The molecule has 3 heteroatoms. The van der Waals surface area contributed by atoms with Gasteiger partial charge in [-0.25, -0.2) is 0 Å². The van der Waals surface area contributed by atoms with E-state index in [2.05, 4.69) is 44.3 Å². The van der Waals surface area contributed by atoms with Gasteiger partial charge in [0.1, 0.15) is 5.75 Å². The Kier molecular flexibility index (Phi) is 5.23. The van der Waals surface area contributed by atoms with Crippen LogP contribution in [-0.2, 0) is 4.74 Å². The molecule has 1 aromatic rings. The highest BCUT2D eigenvalue weighted by Gasteiger charge is 2.20. The second-order valence-electron chi connectivity index (χ2n) is 5.41. The van der Waals surface area contributed by atoms with Crippen molar-refractivity contribution in [2.24, 2.45) is 0 Å². The number of fused-ring (bicyclic) bond motifs is 1. The van der Waals surface area contributed by atoms with E-state index in [0.717, 1.165) is 38.3 Å². The number of rotatable bonds is 5. The first-order chi connectivity index (χ1) is 9.18. The van der Waals surface area contributed by atoms with Crippen molar-refractivity contribution in [2.75, 3.05) is 19.8 Å². The minimum atomic E-state index is 0.300. The third kappa shape index (κ3) is 3.95. The summed E-state index contributed by atoms with van der Waals surface area (Å²) in [6.45, 7) is 8.71. The summed E-state index contributed by atoms with van der Waals surface area (Å²) in [4.78, 5) is 0. The van der Waals surface area contributed by atoms with E-state index in [4.69, 9.17) is 9.47 Å². The maximum Gasteiger partial charge on any atom is 0.126 e. The van der Waals surface area contributed by atoms with Crippen LogP contribution in [0, 0.1) is 6.92 Å². The highest BCUT2D eigenvalue weighted by molar-refractivity contribution is 5.43. The van der Waals surface area contributed by atoms with Crippen LogP contribution < -0.4 is 10.1 Å². The molecule has 0 bridgehead atoms. The van der Waals surface area contributed by atoms with Crippen molar-refractivity contribution in [3.63, 3.8) is 0 Å². The van der Waals surface area contributed by atoms with Crippen LogP contribution >= 0.6 is 0 Å². The van der Waals surface area contributed by atoms with Crippen molar-refractivity contribution < 1.29 is 9.47 Å². The molecule has 1 aromatic carbocycles. The second kappa shape index (κ2) is 6.92. The fraction of sp³-hybridized carbons (Fsp3) is 0.625. The van der Waals surface area contributed by atoms with Crippen LogP contribution in [0.2, 0.25) is 0 Å². The number of nitrogens with one attached hydrogen (secondary N) is 1. The Balaban J connectivity index is 1.99. The molecule has 1 aliphatic rings. The van der Waals surface area contributed by atoms with E-state index in [1.807, 2.05) is 0 Å². The molecule has 3 nitrogen and oxygen atoms in total. The molecular weight excluding hydrogens is 238 g/mol. The SMILES string of the molecule is Cc1cccc2c1OCCCC2NCCOC(C)C. The third-order valence-electron chi connectivity index (χ3n) is 3.45. The summed E-state index contributed by atoms with van der Waals surface area (Å²) in [5, 5.41) is 3.60. The van der Waals surface area contributed by atoms with Gasteiger partial charge < -0.3 is 14.8 Å². The van der Waals surface area contributed by atoms with Gasteiger partial charge in [-0.05, 0) is 39.2 Å². The van der Waals surface area contributed by atoms with Crippen LogP contribution in [0.4, 0.5) is 0 Å². The molecule has 0 saturated carbocycles. The highest BCUT2D eigenvalue weighted by Crippen LogP contribution is 2.33. The average Bonchev–Trinajstić information content (AvgIpc) is 2.58. The van der Waals surface area contributed by atoms with Crippen LogP contribution in [0.5, 0.6) is 5.75 Å². The molecule has 0 saturated heterocycles. The minimum absolute atomic E-state index is 0.300. The maximum atomic E-state index is 5.88. The Bertz CT molecular complexity index is 404. The molecule has 1 aliphatic heterocycles. The van der Waals surface area contributed by atoms with E-state index < -0.39 is 0 Å². The van der Waals surface area contributed by atoms with Crippen LogP contribution in [0.15, 0.2) is 18.2 Å². The lowest BCUT2D eigenvalue weighted by Crippen LogP contribution is -2.26. The summed E-state index contributed by atoms with van der Waals surface area (Å²) in [6.07, 6.45) is 2.52. The minimum Gasteiger partial charge on any atom is -0.493 e. The van der Waals surface area contributed by atoms with E-state index >= 15 is 0 Å². The molecule has 1 unspecified atom stereocenters. The summed E-state index contributed by atoms with van der Waals surface area (Å²) in [5.74, 6) is 1.07. The van der Waals surface area contributed by atoms with Gasteiger partial charge in [-0.2, -0.15) is 0 Å². The lowest BCUT2D eigenvalue weighted by atomic mass is 10.00. The fourth-order valence-electron chi connectivity index (χ4n) is 2.50. The summed E-state index contributed by atoms with van der Waals surface area (Å²) >= 11 is 0. The second-order valence-corrected chi connectivity index (χ2v) is 5.41. The number of hydrogen-bond donors (Lipinski definition) is 1. The molecule has 19 heavy (non-hydrogen) atoms. The topological polar surface area (TPSA) is 30.5 Å². The standard InChI is InChI=1S/C16H25NO2/c1-12(2)18-11-9-17-15-8-5-10-19-16-13(3)6-4-7-14(15)16/h4,6-7,12,15,17H,5,8-11H2,1-3H3. The smallest absolute Gasteiger partial charge is 0.126 e. The highest BCUT2D eigenvalue weighted by atomic mass is 16.5. The maximum absolute atomic E-state index is 5.88. The molecule has 2 rings (SSSR count). The average molecular weight is 263 g/mol. The molecular formula is C16H25NO2. The molecule has 0 aromatic heterocycles. The number of hydrogen-bond acceptors (Lipinski definition) is 3. The van der Waals surface area contributed by atoms with Crippen molar-refractivity contribution in [1.29, 1.82) is 0 Å². The first-order valence-corrected chi connectivity index (χ1v) is 7.26. The van der Waals surface area contributed by atoms with Gasteiger partial charge in [0, 0.05) is 18.2 Å². The molecule has 1 heterocycles. The predicted molar refractivity (Wildman–Crippen MR) is 77.7 cm³/mol. The van der Waals surface area contributed by atoms with Gasteiger partial charge in [-0.3, -0.25) is 0 Å². The Labute approximate surface area is 116 Å². The number of aryl methyl sites for hydroxylation is 1. The normalized spacial score (nSPS) is 18.8. The monoisotopic (exact) mass is 263 g/mol. The Morgan fingerprint density at radius 1 is 1.42 bits per heavy atom. The van der Waals surface area contributed by atoms with Gasteiger partial charge >= 0.3 is 0 Å². The summed E-state index contributed by atoms with van der Waals surface area (Å²) in [5.41, 5.74) is 2.52. The lowest BCUT2D eigenvalue weighted by Gasteiger charge is -2.19. The molecule has 0 radical (unpaired) electrons. The van der Waals surface area contributed by atoms with Gasteiger partial charge in [0.2, 0.25) is 0 Å². The molecule has 1 N–H and O–H groups in total. The van der Waals surface area contributed by atoms with E-state index in [1.165, 1.54) is 11.1 Å². The Morgan fingerprint density at radius 3 is 3.05 bits per heavy atom. The zero-order chi connectivity index (χ0) is 13.7. The number of benzene rings is 1. The molecule has 106 valence electrons. The van der Waals surface area contributed by atoms with Crippen LogP contribution in [0.3, 0.4) is 0 Å². The van der Waals surface area contributed by atoms with Crippen molar-refractivity contribution in [3.8, 4) is 5.75 Å². The zero-order valence-corrected chi connectivity index (χ0v) is 12.2. The van der Waals surface area contributed by atoms with E-state index in [-0.39, 0.29) is 0 Å². The van der Waals surface area contributed by atoms with Gasteiger partial charge in [0.25, 0.3) is 0 Å². The van der Waals surface area contributed by atoms with Gasteiger partial charge in [-0.1, -0.05) is 18.2 Å². The zero-order valence-electron chi connectivity index (χ0n) is 12.2. The quantitative estimate of drug-likeness (QED) is 0.827. The van der Waals surface area contributed by atoms with Gasteiger partial charge in [-0.15, -0.1) is 0 Å². The van der Waals surface area contributed by atoms with Crippen molar-refractivity contribution in [1.82, 2.24) is 5.32 Å². The molecule has 0 aliphatic carbocycles. The number of para-hydroxylation sites is 1. The molecule has 0 amide bonds. The molecule has 0 fully saturated rings. The first kappa shape index (κ1) is 14.4. The van der Waals surface area contributed by atoms with E-state index in [1.54, 1.807) is 0 Å². The predicted octanol–water partition coefficient (Wildman–Crippen LogP) is 3.22. The largest absolute Gasteiger partial charge is 0.493 e. The molecule has 0 spiro atoms.